The molecular formula is C20H24N2O6. The number of carbonyl (C=O) groups excluding carboxylic acids is 4. The standard InChI is InChI=1S/C20H24N2O6/c1-27-14-6-4-5-13(11-14)21-17(23)12-28-18(24)9-10-22-19(25)15-7-2-3-8-16(15)20(22)26/h4-6,11,15-16H,2-3,7-10,12H2,1H3,(H,21,23)/t15-,16+. The lowest BCUT2D eigenvalue weighted by Crippen LogP contribution is -2.33. The van der Waals surface area contributed by atoms with Crippen LogP contribution in [0.1, 0.15) is 32.1 Å². The summed E-state index contributed by atoms with van der Waals surface area (Å²) in [5.74, 6) is -1.35. The van der Waals surface area contributed by atoms with Gasteiger partial charge in [0.25, 0.3) is 5.91 Å². The van der Waals surface area contributed by atoms with Crippen molar-refractivity contribution in [2.45, 2.75) is 32.1 Å². The largest absolute Gasteiger partial charge is 0.497 e. The van der Waals surface area contributed by atoms with Crippen LogP contribution in [-0.2, 0) is 23.9 Å². The van der Waals surface area contributed by atoms with Crippen molar-refractivity contribution in [3.8, 4) is 5.75 Å². The second kappa shape index (κ2) is 8.86. The number of methoxy groups -OCH3 is 1. The Morgan fingerprint density at radius 3 is 2.46 bits per heavy atom. The zero-order valence-electron chi connectivity index (χ0n) is 15.8. The van der Waals surface area contributed by atoms with E-state index in [0.717, 1.165) is 25.7 Å². The highest BCUT2D eigenvalue weighted by molar-refractivity contribution is 6.05. The molecule has 150 valence electrons. The molecule has 3 rings (SSSR count). The monoisotopic (exact) mass is 388 g/mol. The Labute approximate surface area is 163 Å². The van der Waals surface area contributed by atoms with Crippen LogP contribution in [0.25, 0.3) is 0 Å². The van der Waals surface area contributed by atoms with Gasteiger partial charge in [0, 0.05) is 18.3 Å². The number of rotatable bonds is 7. The number of hydrogen-bond donors (Lipinski definition) is 1. The minimum absolute atomic E-state index is 0.000995. The van der Waals surface area contributed by atoms with E-state index < -0.39 is 18.5 Å². The number of likely N-dealkylation sites (tertiary alicyclic amines) is 1. The summed E-state index contributed by atoms with van der Waals surface area (Å²) < 4.78 is 10.0. The first-order valence-electron chi connectivity index (χ1n) is 9.44. The molecular weight excluding hydrogens is 364 g/mol. The predicted octanol–water partition coefficient (Wildman–Crippen LogP) is 1.74. The minimum Gasteiger partial charge on any atom is -0.497 e. The van der Waals surface area contributed by atoms with Crippen LogP contribution in [0.2, 0.25) is 0 Å². The summed E-state index contributed by atoms with van der Waals surface area (Å²) in [6.07, 6.45) is 3.27. The Morgan fingerprint density at radius 1 is 1.14 bits per heavy atom. The average Bonchev–Trinajstić information content (AvgIpc) is 2.95. The van der Waals surface area contributed by atoms with Gasteiger partial charge in [-0.1, -0.05) is 18.9 Å². The van der Waals surface area contributed by atoms with Crippen molar-refractivity contribution >= 4 is 29.4 Å². The first-order chi connectivity index (χ1) is 13.5. The van der Waals surface area contributed by atoms with E-state index >= 15 is 0 Å². The Kier molecular flexibility index (Phi) is 6.28. The van der Waals surface area contributed by atoms with Crippen molar-refractivity contribution in [3.63, 3.8) is 0 Å². The maximum Gasteiger partial charge on any atom is 0.308 e. The summed E-state index contributed by atoms with van der Waals surface area (Å²) >= 11 is 0. The Balaban J connectivity index is 1.42. The van der Waals surface area contributed by atoms with Gasteiger partial charge < -0.3 is 14.8 Å². The molecule has 1 N–H and O–H groups in total. The number of nitrogens with one attached hydrogen (secondary N) is 1. The third kappa shape index (κ3) is 4.49. The SMILES string of the molecule is COc1cccc(NC(=O)COC(=O)CCN2C(=O)[C@H]3CCCC[C@H]3C2=O)c1. The van der Waals surface area contributed by atoms with Crippen molar-refractivity contribution < 1.29 is 28.7 Å². The molecule has 2 aliphatic rings. The van der Waals surface area contributed by atoms with Crippen LogP contribution in [0.4, 0.5) is 5.69 Å². The van der Waals surface area contributed by atoms with Gasteiger partial charge >= 0.3 is 5.97 Å². The number of hydrogen-bond acceptors (Lipinski definition) is 6. The maximum atomic E-state index is 12.4. The summed E-state index contributed by atoms with van der Waals surface area (Å²) in [6, 6.07) is 6.80. The van der Waals surface area contributed by atoms with Gasteiger partial charge in [0.15, 0.2) is 6.61 Å². The van der Waals surface area contributed by atoms with Gasteiger partial charge in [-0.15, -0.1) is 0 Å². The van der Waals surface area contributed by atoms with Gasteiger partial charge in [0.1, 0.15) is 5.75 Å². The van der Waals surface area contributed by atoms with Crippen LogP contribution in [0.5, 0.6) is 5.75 Å². The number of esters is 1. The zero-order chi connectivity index (χ0) is 20.1. The highest BCUT2D eigenvalue weighted by Gasteiger charge is 2.47. The summed E-state index contributed by atoms with van der Waals surface area (Å²) in [4.78, 5) is 49.7. The normalized spacial score (nSPS) is 21.2. The fraction of sp³-hybridized carbons (Fsp3) is 0.500. The highest BCUT2D eigenvalue weighted by atomic mass is 16.5. The van der Waals surface area contributed by atoms with Crippen LogP contribution >= 0.6 is 0 Å². The van der Waals surface area contributed by atoms with Crippen molar-refractivity contribution in [3.05, 3.63) is 24.3 Å². The molecule has 2 fully saturated rings. The molecule has 1 aliphatic carbocycles. The molecule has 0 spiro atoms. The van der Waals surface area contributed by atoms with Gasteiger partial charge in [-0.05, 0) is 25.0 Å². The number of nitrogens with zero attached hydrogens (tertiary/aromatic N) is 1. The van der Waals surface area contributed by atoms with Gasteiger partial charge in [0.2, 0.25) is 11.8 Å². The molecule has 0 unspecified atom stereocenters. The van der Waals surface area contributed by atoms with E-state index in [4.69, 9.17) is 9.47 Å². The maximum absolute atomic E-state index is 12.4. The topological polar surface area (TPSA) is 102 Å². The number of amides is 3. The van der Waals surface area contributed by atoms with E-state index in [1.807, 2.05) is 0 Å². The van der Waals surface area contributed by atoms with E-state index in [9.17, 15) is 19.2 Å². The molecule has 1 aliphatic heterocycles. The molecule has 1 heterocycles. The third-order valence-corrected chi connectivity index (χ3v) is 5.19. The van der Waals surface area contributed by atoms with Gasteiger partial charge in [-0.25, -0.2) is 0 Å². The van der Waals surface area contributed by atoms with E-state index in [2.05, 4.69) is 5.32 Å². The van der Waals surface area contributed by atoms with Gasteiger partial charge in [0.05, 0.1) is 25.4 Å². The van der Waals surface area contributed by atoms with Crippen LogP contribution in [0.15, 0.2) is 24.3 Å². The third-order valence-electron chi connectivity index (χ3n) is 5.19. The highest BCUT2D eigenvalue weighted by Crippen LogP contribution is 2.37. The number of benzene rings is 1. The number of anilines is 1. The lowest BCUT2D eigenvalue weighted by atomic mass is 9.81. The molecule has 3 amide bonds. The first kappa shape index (κ1) is 19.9. The predicted molar refractivity (Wildman–Crippen MR) is 99.4 cm³/mol. The minimum atomic E-state index is -0.628. The van der Waals surface area contributed by atoms with E-state index in [0.29, 0.717) is 11.4 Å². The van der Waals surface area contributed by atoms with E-state index in [-0.39, 0.29) is 36.6 Å². The zero-order valence-corrected chi connectivity index (χ0v) is 15.8. The van der Waals surface area contributed by atoms with Crippen molar-refractivity contribution in [2.24, 2.45) is 11.8 Å². The number of ether oxygens (including phenoxy) is 2. The van der Waals surface area contributed by atoms with Crippen LogP contribution in [0.3, 0.4) is 0 Å². The molecule has 0 aromatic heterocycles. The molecule has 2 atom stereocenters. The van der Waals surface area contributed by atoms with Crippen LogP contribution < -0.4 is 10.1 Å². The second-order valence-electron chi connectivity index (χ2n) is 7.02. The molecule has 28 heavy (non-hydrogen) atoms. The molecule has 0 radical (unpaired) electrons. The Bertz CT molecular complexity index is 754. The van der Waals surface area contributed by atoms with Crippen LogP contribution in [0, 0.1) is 11.8 Å². The first-order valence-corrected chi connectivity index (χ1v) is 9.44. The Hall–Kier alpha value is -2.90. The molecule has 0 bridgehead atoms. The lowest BCUT2D eigenvalue weighted by Gasteiger charge is -2.19. The smallest absolute Gasteiger partial charge is 0.308 e. The lowest BCUT2D eigenvalue weighted by molar-refractivity contribution is -0.148. The Morgan fingerprint density at radius 2 is 1.82 bits per heavy atom. The van der Waals surface area contributed by atoms with Crippen molar-refractivity contribution in [1.82, 2.24) is 4.90 Å². The number of fused-ring (bicyclic) bond motifs is 1. The summed E-state index contributed by atoms with van der Waals surface area (Å²) in [6.45, 7) is -0.440. The summed E-state index contributed by atoms with van der Waals surface area (Å²) in [5, 5.41) is 2.60. The fourth-order valence-corrected chi connectivity index (χ4v) is 3.77. The molecule has 1 saturated carbocycles. The molecule has 8 nitrogen and oxygen atoms in total. The van der Waals surface area contributed by atoms with E-state index in [1.54, 1.807) is 24.3 Å². The molecule has 1 aromatic carbocycles. The second-order valence-corrected chi connectivity index (χ2v) is 7.02. The molecule has 1 aromatic rings. The number of imide groups is 1. The molecule has 8 heteroatoms. The van der Waals surface area contributed by atoms with Gasteiger partial charge in [-0.3, -0.25) is 24.1 Å². The van der Waals surface area contributed by atoms with Gasteiger partial charge in [-0.2, -0.15) is 0 Å². The fourth-order valence-electron chi connectivity index (χ4n) is 3.77. The summed E-state index contributed by atoms with van der Waals surface area (Å²) in [5.41, 5.74) is 0.524. The summed E-state index contributed by atoms with van der Waals surface area (Å²) in [7, 11) is 1.52. The number of carbonyl (C=O) groups is 4. The molecule has 1 saturated heterocycles. The van der Waals surface area contributed by atoms with Crippen LogP contribution in [-0.4, -0.2) is 48.9 Å². The van der Waals surface area contributed by atoms with Crippen molar-refractivity contribution in [2.75, 3.05) is 25.6 Å². The van der Waals surface area contributed by atoms with E-state index in [1.165, 1.54) is 12.0 Å². The van der Waals surface area contributed by atoms with Crippen molar-refractivity contribution in [1.29, 1.82) is 0 Å². The quantitative estimate of drug-likeness (QED) is 0.564. The average molecular weight is 388 g/mol.